The van der Waals surface area contributed by atoms with Gasteiger partial charge in [-0.3, -0.25) is 0 Å². The lowest BCUT2D eigenvalue weighted by Gasteiger charge is -2.11. The molecule has 0 bridgehead atoms. The van der Waals surface area contributed by atoms with Crippen molar-refractivity contribution in [3.05, 3.63) is 30.3 Å². The lowest BCUT2D eigenvalue weighted by Crippen LogP contribution is -2.30. The van der Waals surface area contributed by atoms with Crippen LogP contribution in [0.4, 0.5) is 0 Å². The first-order valence-electron chi connectivity index (χ1n) is 3.73. The van der Waals surface area contributed by atoms with Crippen LogP contribution in [-0.2, 0) is 10.0 Å². The van der Waals surface area contributed by atoms with Gasteiger partial charge in [0, 0.05) is 0 Å². The quantitative estimate of drug-likeness (QED) is 0.782. The Hall–Kier alpha value is -1.07. The number of benzene rings is 1. The molecule has 4 nitrogen and oxygen atoms in total. The maximum absolute atomic E-state index is 10.8. The Kier molecular flexibility index (Phi) is 2.90. The summed E-state index contributed by atoms with van der Waals surface area (Å²) in [6.07, 6.45) is 0. The van der Waals surface area contributed by atoms with Gasteiger partial charge in [-0.25, -0.2) is 13.6 Å². The van der Waals surface area contributed by atoms with E-state index in [1.165, 1.54) is 6.92 Å². The van der Waals surface area contributed by atoms with Crippen molar-refractivity contribution in [1.29, 1.82) is 0 Å². The van der Waals surface area contributed by atoms with Crippen molar-refractivity contribution in [2.75, 3.05) is 0 Å². The fourth-order valence-corrected chi connectivity index (χ4v) is 1.00. The molecule has 1 unspecified atom stereocenters. The predicted molar refractivity (Wildman–Crippen MR) is 49.6 cm³/mol. The van der Waals surface area contributed by atoms with Crippen LogP contribution in [0.25, 0.3) is 0 Å². The van der Waals surface area contributed by atoms with Crippen molar-refractivity contribution < 1.29 is 13.2 Å². The van der Waals surface area contributed by atoms with E-state index < -0.39 is 15.5 Å². The number of rotatable bonds is 3. The maximum Gasteiger partial charge on any atom is 0.247 e. The van der Waals surface area contributed by atoms with Gasteiger partial charge in [-0.2, -0.15) is 0 Å². The molecular weight excluding hydrogens is 190 g/mol. The van der Waals surface area contributed by atoms with E-state index in [1.54, 1.807) is 24.3 Å². The lowest BCUT2D eigenvalue weighted by molar-refractivity contribution is 0.292. The van der Waals surface area contributed by atoms with Crippen molar-refractivity contribution in [2.45, 2.75) is 12.4 Å². The molecule has 0 saturated carbocycles. The highest BCUT2D eigenvalue weighted by Gasteiger charge is 2.16. The van der Waals surface area contributed by atoms with Crippen molar-refractivity contribution in [3.63, 3.8) is 0 Å². The summed E-state index contributed by atoms with van der Waals surface area (Å²) in [5.74, 6) is 0.490. The first-order valence-corrected chi connectivity index (χ1v) is 5.34. The fraction of sp³-hybridized carbons (Fsp3) is 0.250. The average Bonchev–Trinajstić information content (AvgIpc) is 2.04. The number of ether oxygens (including phenoxy) is 1. The third kappa shape index (κ3) is 3.04. The summed E-state index contributed by atoms with van der Waals surface area (Å²) < 4.78 is 26.6. The molecule has 0 spiro atoms. The van der Waals surface area contributed by atoms with Crippen LogP contribution in [-0.4, -0.2) is 13.9 Å². The SMILES string of the molecule is CC(Oc1ccccc1)S(N)(=O)=O. The maximum atomic E-state index is 10.8. The van der Waals surface area contributed by atoms with E-state index in [0.29, 0.717) is 5.75 Å². The van der Waals surface area contributed by atoms with Crippen molar-refractivity contribution in [2.24, 2.45) is 5.14 Å². The van der Waals surface area contributed by atoms with E-state index in [0.717, 1.165) is 0 Å². The van der Waals surface area contributed by atoms with Gasteiger partial charge in [0.2, 0.25) is 15.5 Å². The minimum Gasteiger partial charge on any atom is -0.473 e. The number of primary sulfonamides is 1. The summed E-state index contributed by atoms with van der Waals surface area (Å²) in [7, 11) is -3.62. The number of para-hydroxylation sites is 1. The molecule has 0 aliphatic heterocycles. The second kappa shape index (κ2) is 3.76. The van der Waals surface area contributed by atoms with Gasteiger partial charge < -0.3 is 4.74 Å². The smallest absolute Gasteiger partial charge is 0.247 e. The molecule has 0 aliphatic rings. The van der Waals surface area contributed by atoms with Crippen LogP contribution in [0, 0.1) is 0 Å². The Morgan fingerprint density at radius 1 is 1.31 bits per heavy atom. The first kappa shape index (κ1) is 10.0. The van der Waals surface area contributed by atoms with E-state index in [9.17, 15) is 8.42 Å². The van der Waals surface area contributed by atoms with Gasteiger partial charge >= 0.3 is 0 Å². The first-order chi connectivity index (χ1) is 6.00. The molecule has 1 aromatic rings. The highest BCUT2D eigenvalue weighted by atomic mass is 32.2. The lowest BCUT2D eigenvalue weighted by atomic mass is 10.3. The molecule has 72 valence electrons. The molecule has 2 N–H and O–H groups in total. The summed E-state index contributed by atoms with van der Waals surface area (Å²) in [5, 5.41) is 4.87. The Balaban J connectivity index is 2.72. The number of hydrogen-bond acceptors (Lipinski definition) is 3. The van der Waals surface area contributed by atoms with Crippen molar-refractivity contribution in [1.82, 2.24) is 0 Å². The standard InChI is InChI=1S/C8H11NO3S/c1-7(13(9,10)11)12-8-5-3-2-4-6-8/h2-7H,1H3,(H2,9,10,11). The van der Waals surface area contributed by atoms with E-state index >= 15 is 0 Å². The van der Waals surface area contributed by atoms with Crippen LogP contribution in [0.1, 0.15) is 6.92 Å². The van der Waals surface area contributed by atoms with Gasteiger partial charge in [-0.05, 0) is 19.1 Å². The molecule has 0 radical (unpaired) electrons. The Morgan fingerprint density at radius 3 is 2.31 bits per heavy atom. The highest BCUT2D eigenvalue weighted by molar-refractivity contribution is 7.89. The van der Waals surface area contributed by atoms with Crippen molar-refractivity contribution >= 4 is 10.0 Å². The minimum absolute atomic E-state index is 0.490. The molecular formula is C8H11NO3S. The molecule has 0 fully saturated rings. The van der Waals surface area contributed by atoms with Crippen LogP contribution >= 0.6 is 0 Å². The van der Waals surface area contributed by atoms with Gasteiger partial charge in [-0.15, -0.1) is 0 Å². The summed E-state index contributed by atoms with van der Waals surface area (Å²) in [6.45, 7) is 1.39. The summed E-state index contributed by atoms with van der Waals surface area (Å²) in [6, 6.07) is 8.66. The molecule has 0 heterocycles. The van der Waals surface area contributed by atoms with Gasteiger partial charge in [0.15, 0.2) is 0 Å². The van der Waals surface area contributed by atoms with Crippen LogP contribution in [0.3, 0.4) is 0 Å². The normalized spacial score (nSPS) is 13.7. The fourth-order valence-electron chi connectivity index (χ4n) is 0.758. The predicted octanol–water partition coefficient (Wildman–Crippen LogP) is 0.700. The van der Waals surface area contributed by atoms with Gasteiger partial charge in [0.25, 0.3) is 0 Å². The molecule has 1 atom stereocenters. The van der Waals surface area contributed by atoms with Crippen LogP contribution < -0.4 is 9.88 Å². The van der Waals surface area contributed by atoms with E-state index in [1.807, 2.05) is 6.07 Å². The zero-order valence-corrected chi connectivity index (χ0v) is 7.99. The second-order valence-electron chi connectivity index (χ2n) is 2.59. The largest absolute Gasteiger partial charge is 0.473 e. The topological polar surface area (TPSA) is 69.4 Å². The third-order valence-corrected chi connectivity index (χ3v) is 2.53. The third-order valence-electron chi connectivity index (χ3n) is 1.51. The molecule has 0 aliphatic carbocycles. The van der Waals surface area contributed by atoms with E-state index in [2.05, 4.69) is 0 Å². The summed E-state index contributed by atoms with van der Waals surface area (Å²) >= 11 is 0. The zero-order chi connectivity index (χ0) is 9.90. The molecule has 13 heavy (non-hydrogen) atoms. The molecule has 0 amide bonds. The molecule has 1 rings (SSSR count). The van der Waals surface area contributed by atoms with Crippen LogP contribution in [0.2, 0.25) is 0 Å². The Bertz CT molecular complexity index is 360. The monoisotopic (exact) mass is 201 g/mol. The Labute approximate surface area is 77.4 Å². The molecule has 1 aromatic carbocycles. The molecule has 0 aromatic heterocycles. The summed E-state index contributed by atoms with van der Waals surface area (Å²) in [5.41, 5.74) is -1.02. The van der Waals surface area contributed by atoms with E-state index in [-0.39, 0.29) is 0 Å². The Morgan fingerprint density at radius 2 is 1.85 bits per heavy atom. The van der Waals surface area contributed by atoms with Crippen LogP contribution in [0.5, 0.6) is 5.75 Å². The van der Waals surface area contributed by atoms with Crippen molar-refractivity contribution in [3.8, 4) is 5.75 Å². The van der Waals surface area contributed by atoms with Crippen LogP contribution in [0.15, 0.2) is 30.3 Å². The zero-order valence-electron chi connectivity index (χ0n) is 7.17. The molecule has 0 saturated heterocycles. The number of hydrogen-bond donors (Lipinski definition) is 1. The minimum atomic E-state index is -3.62. The second-order valence-corrected chi connectivity index (χ2v) is 4.43. The molecule has 5 heteroatoms. The number of nitrogens with two attached hydrogens (primary N) is 1. The van der Waals surface area contributed by atoms with E-state index in [4.69, 9.17) is 9.88 Å². The summed E-state index contributed by atoms with van der Waals surface area (Å²) in [4.78, 5) is 0. The van der Waals surface area contributed by atoms with Gasteiger partial charge in [0.1, 0.15) is 5.75 Å². The van der Waals surface area contributed by atoms with Gasteiger partial charge in [0.05, 0.1) is 0 Å². The van der Waals surface area contributed by atoms with Gasteiger partial charge in [-0.1, -0.05) is 18.2 Å². The highest BCUT2D eigenvalue weighted by Crippen LogP contribution is 2.11. The average molecular weight is 201 g/mol. The number of sulfonamides is 1.